The van der Waals surface area contributed by atoms with Crippen LogP contribution in [-0.2, 0) is 11.2 Å². The van der Waals surface area contributed by atoms with E-state index in [-0.39, 0.29) is 12.8 Å². The lowest BCUT2D eigenvalue weighted by Gasteiger charge is -2.42. The fourth-order valence-corrected chi connectivity index (χ4v) is 2.81. The number of hydrogen-bond acceptors (Lipinski definition) is 3. The molecular weight excluding hydrogens is 302 g/mol. The summed E-state index contributed by atoms with van der Waals surface area (Å²) in [5, 5.41) is 12.3. The highest BCUT2D eigenvalue weighted by molar-refractivity contribution is 5.85. The van der Waals surface area contributed by atoms with Crippen LogP contribution in [0.1, 0.15) is 24.8 Å². The summed E-state index contributed by atoms with van der Waals surface area (Å²) in [6.07, 6.45) is 0.901. The first-order chi connectivity index (χ1) is 10.7. The average molecular weight is 326 g/mol. The second-order valence-corrected chi connectivity index (χ2v) is 6.58. The summed E-state index contributed by atoms with van der Waals surface area (Å²) in [5.74, 6) is -5.14. The van der Waals surface area contributed by atoms with Crippen molar-refractivity contribution in [2.24, 2.45) is 0 Å². The van der Waals surface area contributed by atoms with Gasteiger partial charge in [0.2, 0.25) is 0 Å². The molecule has 0 spiro atoms. The standard InChI is InChI=1S/C17H24F2N2O2/c1-21(2)12-14(11-13-7-4-3-5-8-13)20-15(22)17(18,19)16(23)9-6-10-16/h3-5,7-8,14,23H,6,9-12H2,1-2H3,(H,20,22). The predicted octanol–water partition coefficient (Wildman–Crippen LogP) is 1.83. The van der Waals surface area contributed by atoms with E-state index in [4.69, 9.17) is 0 Å². The van der Waals surface area contributed by atoms with E-state index < -0.39 is 23.5 Å². The SMILES string of the molecule is CN(C)CC(Cc1ccccc1)NC(=O)C(F)(F)C1(O)CCC1. The van der Waals surface area contributed by atoms with Crippen LogP contribution in [0.4, 0.5) is 8.78 Å². The van der Waals surface area contributed by atoms with E-state index in [0.717, 1.165) is 5.56 Å². The Kier molecular flexibility index (Phi) is 5.37. The fraction of sp³-hybridized carbons (Fsp3) is 0.588. The van der Waals surface area contributed by atoms with Crippen LogP contribution >= 0.6 is 0 Å². The van der Waals surface area contributed by atoms with Gasteiger partial charge in [0.15, 0.2) is 0 Å². The van der Waals surface area contributed by atoms with Gasteiger partial charge < -0.3 is 15.3 Å². The van der Waals surface area contributed by atoms with Crippen molar-refractivity contribution >= 4 is 5.91 Å². The highest BCUT2D eigenvalue weighted by Gasteiger charge is 2.61. The van der Waals surface area contributed by atoms with Gasteiger partial charge in [-0.2, -0.15) is 8.78 Å². The number of rotatable bonds is 7. The zero-order valence-corrected chi connectivity index (χ0v) is 13.6. The molecule has 1 amide bonds. The van der Waals surface area contributed by atoms with Crippen LogP contribution in [0.15, 0.2) is 30.3 Å². The van der Waals surface area contributed by atoms with Crippen LogP contribution in [0, 0.1) is 0 Å². The number of benzene rings is 1. The smallest absolute Gasteiger partial charge is 0.352 e. The topological polar surface area (TPSA) is 52.6 Å². The van der Waals surface area contributed by atoms with Gasteiger partial charge in [0, 0.05) is 12.6 Å². The molecule has 2 N–H and O–H groups in total. The monoisotopic (exact) mass is 326 g/mol. The summed E-state index contributed by atoms with van der Waals surface area (Å²) in [4.78, 5) is 13.9. The van der Waals surface area contributed by atoms with Gasteiger partial charge in [-0.1, -0.05) is 30.3 Å². The van der Waals surface area contributed by atoms with Gasteiger partial charge in [-0.15, -0.1) is 0 Å². The molecule has 1 aromatic carbocycles. The second kappa shape index (κ2) is 6.93. The Hall–Kier alpha value is -1.53. The molecule has 0 bridgehead atoms. The van der Waals surface area contributed by atoms with Crippen LogP contribution in [0.25, 0.3) is 0 Å². The molecule has 1 fully saturated rings. The lowest BCUT2D eigenvalue weighted by atomic mass is 9.75. The molecule has 6 heteroatoms. The molecule has 1 unspecified atom stereocenters. The van der Waals surface area contributed by atoms with Crippen LogP contribution in [0.2, 0.25) is 0 Å². The Bertz CT molecular complexity index is 531. The number of halogens is 2. The number of nitrogens with one attached hydrogen (secondary N) is 1. The van der Waals surface area contributed by atoms with Crippen molar-refractivity contribution in [3.63, 3.8) is 0 Å². The molecule has 0 heterocycles. The first kappa shape index (κ1) is 17.8. The Morgan fingerprint density at radius 2 is 1.96 bits per heavy atom. The summed E-state index contributed by atoms with van der Waals surface area (Å²) in [5.41, 5.74) is -1.22. The van der Waals surface area contributed by atoms with Crippen LogP contribution in [0.3, 0.4) is 0 Å². The zero-order chi connectivity index (χ0) is 17.1. The number of amides is 1. The molecule has 1 saturated carbocycles. The van der Waals surface area contributed by atoms with Gasteiger partial charge in [0.05, 0.1) is 0 Å². The number of aliphatic hydroxyl groups is 1. The van der Waals surface area contributed by atoms with Crippen molar-refractivity contribution in [3.05, 3.63) is 35.9 Å². The molecular formula is C17H24F2N2O2. The maximum Gasteiger partial charge on any atom is 0.352 e. The van der Waals surface area contributed by atoms with Gasteiger partial charge in [-0.05, 0) is 45.3 Å². The fourth-order valence-electron chi connectivity index (χ4n) is 2.81. The number of carbonyl (C=O) groups excluding carboxylic acids is 1. The summed E-state index contributed by atoms with van der Waals surface area (Å²) in [6, 6.07) is 8.96. The molecule has 1 aliphatic rings. The van der Waals surface area contributed by atoms with Gasteiger partial charge in [0.25, 0.3) is 5.91 Å². The number of carbonyl (C=O) groups is 1. The normalized spacial score (nSPS) is 18.3. The molecule has 128 valence electrons. The van der Waals surface area contributed by atoms with E-state index in [9.17, 15) is 18.7 Å². The van der Waals surface area contributed by atoms with E-state index in [2.05, 4.69) is 5.32 Å². The van der Waals surface area contributed by atoms with Gasteiger partial charge >= 0.3 is 5.92 Å². The molecule has 23 heavy (non-hydrogen) atoms. The molecule has 4 nitrogen and oxygen atoms in total. The Balaban J connectivity index is 2.06. The number of likely N-dealkylation sites (N-methyl/N-ethyl adjacent to an activating group) is 1. The molecule has 1 aromatic rings. The lowest BCUT2D eigenvalue weighted by molar-refractivity contribution is -0.216. The maximum absolute atomic E-state index is 14.2. The van der Waals surface area contributed by atoms with Gasteiger partial charge in [-0.25, -0.2) is 0 Å². The first-order valence-electron chi connectivity index (χ1n) is 7.84. The van der Waals surface area contributed by atoms with Gasteiger partial charge in [-0.3, -0.25) is 4.79 Å². The second-order valence-electron chi connectivity index (χ2n) is 6.58. The Morgan fingerprint density at radius 1 is 1.35 bits per heavy atom. The molecule has 0 aromatic heterocycles. The van der Waals surface area contributed by atoms with Crippen molar-refractivity contribution in [1.29, 1.82) is 0 Å². The van der Waals surface area contributed by atoms with E-state index in [1.807, 2.05) is 49.3 Å². The summed E-state index contributed by atoms with van der Waals surface area (Å²) in [6.45, 7) is 0.440. The third kappa shape index (κ3) is 4.06. The number of hydrogen-bond donors (Lipinski definition) is 2. The predicted molar refractivity (Wildman–Crippen MR) is 84.4 cm³/mol. The minimum atomic E-state index is -3.76. The van der Waals surface area contributed by atoms with E-state index in [1.54, 1.807) is 0 Å². The Morgan fingerprint density at radius 3 is 2.43 bits per heavy atom. The molecule has 0 saturated heterocycles. The van der Waals surface area contributed by atoms with Crippen LogP contribution < -0.4 is 5.32 Å². The summed E-state index contributed by atoms with van der Waals surface area (Å²) in [7, 11) is 3.64. The third-order valence-electron chi connectivity index (χ3n) is 4.30. The highest BCUT2D eigenvalue weighted by atomic mass is 19.3. The molecule has 1 atom stereocenters. The van der Waals surface area contributed by atoms with Crippen molar-refractivity contribution in [3.8, 4) is 0 Å². The van der Waals surface area contributed by atoms with Crippen molar-refractivity contribution in [2.75, 3.05) is 20.6 Å². The van der Waals surface area contributed by atoms with E-state index in [0.29, 0.717) is 19.4 Å². The lowest BCUT2D eigenvalue weighted by Crippen LogP contribution is -2.62. The Labute approximate surface area is 135 Å². The molecule has 1 aliphatic carbocycles. The van der Waals surface area contributed by atoms with Gasteiger partial charge in [0.1, 0.15) is 5.60 Å². The minimum absolute atomic E-state index is 0.0372. The van der Waals surface area contributed by atoms with Crippen molar-refractivity contribution in [2.45, 2.75) is 43.2 Å². The van der Waals surface area contributed by atoms with E-state index >= 15 is 0 Å². The molecule has 2 rings (SSSR count). The third-order valence-corrected chi connectivity index (χ3v) is 4.30. The molecule has 0 radical (unpaired) electrons. The summed E-state index contributed by atoms with van der Waals surface area (Å²) >= 11 is 0. The van der Waals surface area contributed by atoms with Crippen molar-refractivity contribution in [1.82, 2.24) is 10.2 Å². The quantitative estimate of drug-likeness (QED) is 0.804. The summed E-state index contributed by atoms with van der Waals surface area (Å²) < 4.78 is 28.4. The van der Waals surface area contributed by atoms with Crippen LogP contribution in [0.5, 0.6) is 0 Å². The number of nitrogens with zero attached hydrogens (tertiary/aromatic N) is 1. The van der Waals surface area contributed by atoms with Crippen LogP contribution in [-0.4, -0.2) is 54.1 Å². The first-order valence-corrected chi connectivity index (χ1v) is 7.84. The minimum Gasteiger partial charge on any atom is -0.383 e. The zero-order valence-electron chi connectivity index (χ0n) is 13.6. The highest BCUT2D eigenvalue weighted by Crippen LogP contribution is 2.44. The average Bonchev–Trinajstić information content (AvgIpc) is 2.44. The maximum atomic E-state index is 14.2. The van der Waals surface area contributed by atoms with Crippen molar-refractivity contribution < 1.29 is 18.7 Å². The molecule has 0 aliphatic heterocycles. The largest absolute Gasteiger partial charge is 0.383 e. The number of alkyl halides is 2. The van der Waals surface area contributed by atoms with E-state index in [1.165, 1.54) is 0 Å².